The van der Waals surface area contributed by atoms with Crippen molar-refractivity contribution in [2.24, 2.45) is 0 Å². The largest absolute Gasteiger partial charge is 0.493 e. The van der Waals surface area contributed by atoms with Crippen LogP contribution in [0.5, 0.6) is 11.5 Å². The Hall–Kier alpha value is -1.75. The molecule has 0 amide bonds. The molecule has 0 radical (unpaired) electrons. The van der Waals surface area contributed by atoms with Crippen LogP contribution >= 0.6 is 12.4 Å². The summed E-state index contributed by atoms with van der Waals surface area (Å²) in [7, 11) is 1.67. The lowest BCUT2D eigenvalue weighted by molar-refractivity contribution is 0.110. The molecule has 5 heteroatoms. The van der Waals surface area contributed by atoms with Gasteiger partial charge in [0.1, 0.15) is 6.61 Å². The number of hydrogen-bond donors (Lipinski definition) is 1. The molecule has 0 aliphatic carbocycles. The first-order valence-corrected chi connectivity index (χ1v) is 8.51. The summed E-state index contributed by atoms with van der Waals surface area (Å²) >= 11 is 0. The molecule has 1 atom stereocenters. The van der Waals surface area contributed by atoms with Crippen molar-refractivity contribution in [1.82, 2.24) is 5.32 Å². The lowest BCUT2D eigenvalue weighted by atomic mass is 10.1. The molecular formula is C20H26ClNO3. The second kappa shape index (κ2) is 10.3. The Balaban J connectivity index is 0.00000225. The van der Waals surface area contributed by atoms with Gasteiger partial charge >= 0.3 is 0 Å². The van der Waals surface area contributed by atoms with E-state index >= 15 is 0 Å². The molecule has 0 aromatic heterocycles. The third kappa shape index (κ3) is 5.63. The predicted octanol–water partition coefficient (Wildman–Crippen LogP) is 3.96. The van der Waals surface area contributed by atoms with Crippen LogP contribution in [0.15, 0.2) is 48.5 Å². The molecule has 0 saturated carbocycles. The SMILES string of the molecule is COc1cccc(CNCC2CCCO2)c1OCc1ccccc1.Cl. The van der Waals surface area contributed by atoms with Gasteiger partial charge in [-0.2, -0.15) is 0 Å². The first kappa shape index (κ1) is 19.6. The van der Waals surface area contributed by atoms with Crippen LogP contribution < -0.4 is 14.8 Å². The second-order valence-electron chi connectivity index (χ2n) is 5.99. The Kier molecular flexibility index (Phi) is 8.06. The van der Waals surface area contributed by atoms with Crippen molar-refractivity contribution in [2.45, 2.75) is 32.1 Å². The number of halogens is 1. The van der Waals surface area contributed by atoms with E-state index in [0.29, 0.717) is 12.7 Å². The van der Waals surface area contributed by atoms with Crippen LogP contribution in [0.4, 0.5) is 0 Å². The van der Waals surface area contributed by atoms with Gasteiger partial charge in [0.05, 0.1) is 13.2 Å². The Labute approximate surface area is 155 Å². The third-order valence-electron chi connectivity index (χ3n) is 4.22. The molecule has 0 bridgehead atoms. The minimum absolute atomic E-state index is 0. The summed E-state index contributed by atoms with van der Waals surface area (Å²) in [6, 6.07) is 16.2. The van der Waals surface area contributed by atoms with Crippen molar-refractivity contribution in [2.75, 3.05) is 20.3 Å². The van der Waals surface area contributed by atoms with Gasteiger partial charge in [-0.15, -0.1) is 12.4 Å². The van der Waals surface area contributed by atoms with Gasteiger partial charge < -0.3 is 19.5 Å². The van der Waals surface area contributed by atoms with E-state index in [-0.39, 0.29) is 12.4 Å². The molecule has 1 N–H and O–H groups in total. The van der Waals surface area contributed by atoms with Crippen LogP contribution in [-0.2, 0) is 17.9 Å². The molecule has 1 saturated heterocycles. The second-order valence-corrected chi connectivity index (χ2v) is 5.99. The van der Waals surface area contributed by atoms with Gasteiger partial charge in [0.15, 0.2) is 11.5 Å². The lowest BCUT2D eigenvalue weighted by Gasteiger charge is -2.16. The Bertz CT molecular complexity index is 630. The minimum atomic E-state index is 0. The van der Waals surface area contributed by atoms with Gasteiger partial charge in [0, 0.05) is 25.3 Å². The zero-order valence-electron chi connectivity index (χ0n) is 14.6. The lowest BCUT2D eigenvalue weighted by Crippen LogP contribution is -2.26. The highest BCUT2D eigenvalue weighted by Gasteiger charge is 2.16. The van der Waals surface area contributed by atoms with Gasteiger partial charge in [-0.05, 0) is 24.5 Å². The van der Waals surface area contributed by atoms with Crippen LogP contribution in [0.25, 0.3) is 0 Å². The molecule has 4 nitrogen and oxygen atoms in total. The molecule has 2 aromatic carbocycles. The maximum absolute atomic E-state index is 6.07. The van der Waals surface area contributed by atoms with Gasteiger partial charge in [-0.1, -0.05) is 42.5 Å². The Morgan fingerprint density at radius 1 is 1.12 bits per heavy atom. The summed E-state index contributed by atoms with van der Waals surface area (Å²) in [6.45, 7) is 3.02. The van der Waals surface area contributed by atoms with E-state index in [1.165, 1.54) is 0 Å². The maximum Gasteiger partial charge on any atom is 0.166 e. The number of methoxy groups -OCH3 is 1. The topological polar surface area (TPSA) is 39.7 Å². The van der Waals surface area contributed by atoms with E-state index < -0.39 is 0 Å². The number of ether oxygens (including phenoxy) is 3. The first-order chi connectivity index (χ1) is 11.9. The molecule has 25 heavy (non-hydrogen) atoms. The summed E-state index contributed by atoms with van der Waals surface area (Å²) in [6.07, 6.45) is 2.64. The fourth-order valence-corrected chi connectivity index (χ4v) is 2.93. The van der Waals surface area contributed by atoms with E-state index in [4.69, 9.17) is 14.2 Å². The number of rotatable bonds is 8. The maximum atomic E-state index is 6.07. The number of para-hydroxylation sites is 1. The molecule has 1 aliphatic rings. The fourth-order valence-electron chi connectivity index (χ4n) is 2.93. The average molecular weight is 364 g/mol. The smallest absolute Gasteiger partial charge is 0.166 e. The molecule has 3 rings (SSSR count). The third-order valence-corrected chi connectivity index (χ3v) is 4.22. The summed E-state index contributed by atoms with van der Waals surface area (Å²) in [5, 5.41) is 3.47. The normalized spacial score (nSPS) is 16.3. The Morgan fingerprint density at radius 2 is 1.96 bits per heavy atom. The highest BCUT2D eigenvalue weighted by Crippen LogP contribution is 2.31. The van der Waals surface area contributed by atoms with E-state index in [9.17, 15) is 0 Å². The van der Waals surface area contributed by atoms with Crippen LogP contribution in [0, 0.1) is 0 Å². The van der Waals surface area contributed by atoms with Crippen molar-refractivity contribution in [3.8, 4) is 11.5 Å². The molecule has 136 valence electrons. The Morgan fingerprint density at radius 3 is 2.68 bits per heavy atom. The summed E-state index contributed by atoms with van der Waals surface area (Å²) in [5.41, 5.74) is 2.24. The van der Waals surface area contributed by atoms with Crippen molar-refractivity contribution >= 4 is 12.4 Å². The molecule has 1 aliphatic heterocycles. The molecule has 0 spiro atoms. The van der Waals surface area contributed by atoms with E-state index in [0.717, 1.165) is 55.2 Å². The van der Waals surface area contributed by atoms with E-state index in [2.05, 4.69) is 23.5 Å². The van der Waals surface area contributed by atoms with E-state index in [1.807, 2.05) is 30.3 Å². The molecule has 1 fully saturated rings. The molecule has 1 heterocycles. The predicted molar refractivity (Wildman–Crippen MR) is 102 cm³/mol. The first-order valence-electron chi connectivity index (χ1n) is 8.51. The zero-order chi connectivity index (χ0) is 16.6. The zero-order valence-corrected chi connectivity index (χ0v) is 15.4. The summed E-state index contributed by atoms with van der Waals surface area (Å²) in [5.74, 6) is 1.58. The minimum Gasteiger partial charge on any atom is -0.493 e. The van der Waals surface area contributed by atoms with E-state index in [1.54, 1.807) is 7.11 Å². The van der Waals surface area contributed by atoms with Gasteiger partial charge in [-0.3, -0.25) is 0 Å². The van der Waals surface area contributed by atoms with Crippen LogP contribution in [0.1, 0.15) is 24.0 Å². The van der Waals surface area contributed by atoms with Crippen LogP contribution in [-0.4, -0.2) is 26.4 Å². The van der Waals surface area contributed by atoms with Crippen molar-refractivity contribution in [3.05, 3.63) is 59.7 Å². The monoisotopic (exact) mass is 363 g/mol. The highest BCUT2D eigenvalue weighted by atomic mass is 35.5. The number of hydrogen-bond acceptors (Lipinski definition) is 4. The van der Waals surface area contributed by atoms with Crippen LogP contribution in [0.2, 0.25) is 0 Å². The number of benzene rings is 2. The molecule has 2 aromatic rings. The van der Waals surface area contributed by atoms with Crippen molar-refractivity contribution in [3.63, 3.8) is 0 Å². The number of nitrogens with one attached hydrogen (secondary N) is 1. The van der Waals surface area contributed by atoms with Crippen LogP contribution in [0.3, 0.4) is 0 Å². The van der Waals surface area contributed by atoms with Crippen molar-refractivity contribution < 1.29 is 14.2 Å². The molecular weight excluding hydrogens is 338 g/mol. The quantitative estimate of drug-likeness (QED) is 0.770. The van der Waals surface area contributed by atoms with Crippen molar-refractivity contribution in [1.29, 1.82) is 0 Å². The summed E-state index contributed by atoms with van der Waals surface area (Å²) < 4.78 is 17.2. The van der Waals surface area contributed by atoms with Gasteiger partial charge in [-0.25, -0.2) is 0 Å². The van der Waals surface area contributed by atoms with Gasteiger partial charge in [0.2, 0.25) is 0 Å². The highest BCUT2D eigenvalue weighted by molar-refractivity contribution is 5.85. The molecule has 1 unspecified atom stereocenters. The fraction of sp³-hybridized carbons (Fsp3) is 0.400. The van der Waals surface area contributed by atoms with Gasteiger partial charge in [0.25, 0.3) is 0 Å². The standard InChI is InChI=1S/C20H25NO3.ClH/c1-22-19-11-5-9-17(13-21-14-18-10-6-12-23-18)20(19)24-15-16-7-3-2-4-8-16;/h2-5,7-9,11,18,21H,6,10,12-15H2,1H3;1H. The summed E-state index contributed by atoms with van der Waals surface area (Å²) in [4.78, 5) is 0. The average Bonchev–Trinajstić information content (AvgIpc) is 3.14.